The number of hydrogen-bond acceptors (Lipinski definition) is 5. The van der Waals surface area contributed by atoms with Gasteiger partial charge in [-0.3, -0.25) is 4.79 Å². The van der Waals surface area contributed by atoms with Crippen molar-refractivity contribution in [1.82, 2.24) is 20.3 Å². The maximum atomic E-state index is 12.7. The highest BCUT2D eigenvalue weighted by molar-refractivity contribution is 6.88. The number of carbonyl (C=O) groups is 2. The molecule has 2 aromatic rings. The molecule has 0 saturated heterocycles. The van der Waals surface area contributed by atoms with Gasteiger partial charge < -0.3 is 10.1 Å². The van der Waals surface area contributed by atoms with Gasteiger partial charge in [-0.05, 0) is 19.4 Å². The van der Waals surface area contributed by atoms with Crippen molar-refractivity contribution in [2.75, 3.05) is 0 Å². The molecule has 1 aromatic heterocycles. The van der Waals surface area contributed by atoms with Crippen LogP contribution in [0.2, 0.25) is 19.6 Å². The molecule has 1 atom stereocenters. The van der Waals surface area contributed by atoms with Crippen molar-refractivity contribution < 1.29 is 14.3 Å². The van der Waals surface area contributed by atoms with Gasteiger partial charge in [-0.1, -0.05) is 55.2 Å². The summed E-state index contributed by atoms with van der Waals surface area (Å²) >= 11 is 0. The Morgan fingerprint density at radius 2 is 1.92 bits per heavy atom. The van der Waals surface area contributed by atoms with E-state index in [1.54, 1.807) is 4.68 Å². The summed E-state index contributed by atoms with van der Waals surface area (Å²) < 4.78 is 7.10. The van der Waals surface area contributed by atoms with Crippen LogP contribution < -0.4 is 10.6 Å². The number of rotatable bonds is 4. The van der Waals surface area contributed by atoms with E-state index in [1.165, 1.54) is 0 Å². The zero-order valence-electron chi connectivity index (χ0n) is 15.7. The zero-order valence-corrected chi connectivity index (χ0v) is 16.7. The number of esters is 1. The molecule has 0 spiro atoms. The SMILES string of the molecule is CC1(C)C(C(=O)NCc2ccccc2)OC(=O)c2c([Si](C)(C)C)nnn21. The summed E-state index contributed by atoms with van der Waals surface area (Å²) in [6, 6.07) is 9.58. The number of fused-ring (bicyclic) bond motifs is 1. The van der Waals surface area contributed by atoms with Crippen LogP contribution in [0.25, 0.3) is 0 Å². The second-order valence-electron chi connectivity index (χ2n) is 8.09. The number of nitrogens with one attached hydrogen (secondary N) is 1. The summed E-state index contributed by atoms with van der Waals surface area (Å²) in [6.07, 6.45) is -0.970. The number of hydrogen-bond donors (Lipinski definition) is 1. The number of carbonyl (C=O) groups excluding carboxylic acids is 2. The second-order valence-corrected chi connectivity index (χ2v) is 13.1. The minimum absolute atomic E-state index is 0.345. The number of amides is 1. The lowest BCUT2D eigenvalue weighted by Crippen LogP contribution is -2.57. The molecule has 0 bridgehead atoms. The van der Waals surface area contributed by atoms with Crippen molar-refractivity contribution in [2.45, 2.75) is 51.7 Å². The Bertz CT molecular complexity index is 840. The lowest BCUT2D eigenvalue weighted by Gasteiger charge is -2.37. The first-order valence-corrected chi connectivity index (χ1v) is 12.1. The fourth-order valence-electron chi connectivity index (χ4n) is 3.04. The van der Waals surface area contributed by atoms with Gasteiger partial charge >= 0.3 is 5.97 Å². The van der Waals surface area contributed by atoms with E-state index in [2.05, 4.69) is 35.3 Å². The number of benzene rings is 1. The van der Waals surface area contributed by atoms with Gasteiger partial charge in [0.25, 0.3) is 5.91 Å². The number of ether oxygens (including phenoxy) is 1. The van der Waals surface area contributed by atoms with Gasteiger partial charge in [-0.25, -0.2) is 9.48 Å². The summed E-state index contributed by atoms with van der Waals surface area (Å²) in [7, 11) is -1.87. The number of nitrogens with zero attached hydrogens (tertiary/aromatic N) is 3. The molecule has 0 aliphatic carbocycles. The molecule has 3 rings (SSSR count). The molecule has 0 fully saturated rings. The molecule has 1 aromatic carbocycles. The topological polar surface area (TPSA) is 86.1 Å². The van der Waals surface area contributed by atoms with Crippen LogP contribution in [-0.2, 0) is 21.6 Å². The van der Waals surface area contributed by atoms with Gasteiger partial charge in [0.1, 0.15) is 13.6 Å². The summed E-state index contributed by atoms with van der Waals surface area (Å²) in [5.74, 6) is -0.880. The predicted molar refractivity (Wildman–Crippen MR) is 99.8 cm³/mol. The quantitative estimate of drug-likeness (QED) is 0.648. The van der Waals surface area contributed by atoms with E-state index in [0.29, 0.717) is 17.6 Å². The fourth-order valence-corrected chi connectivity index (χ4v) is 4.31. The molecular formula is C18H24N4O3Si. The smallest absolute Gasteiger partial charge is 0.359 e. The van der Waals surface area contributed by atoms with Crippen LogP contribution >= 0.6 is 0 Å². The third kappa shape index (κ3) is 3.16. The predicted octanol–water partition coefficient (Wildman–Crippen LogP) is 1.41. The molecule has 8 heteroatoms. The Hall–Kier alpha value is -2.48. The monoisotopic (exact) mass is 372 g/mol. The third-order valence-corrected chi connectivity index (χ3v) is 6.29. The molecule has 0 saturated carbocycles. The Morgan fingerprint density at radius 1 is 1.27 bits per heavy atom. The highest BCUT2D eigenvalue weighted by atomic mass is 28.3. The lowest BCUT2D eigenvalue weighted by molar-refractivity contribution is -0.137. The van der Waals surface area contributed by atoms with Crippen LogP contribution in [0.5, 0.6) is 0 Å². The lowest BCUT2D eigenvalue weighted by atomic mass is 9.94. The van der Waals surface area contributed by atoms with E-state index in [9.17, 15) is 9.59 Å². The average molecular weight is 373 g/mol. The molecular weight excluding hydrogens is 348 g/mol. The van der Waals surface area contributed by atoms with Crippen molar-refractivity contribution in [2.24, 2.45) is 0 Å². The van der Waals surface area contributed by atoms with Gasteiger partial charge in [0.15, 0.2) is 5.69 Å². The van der Waals surface area contributed by atoms with Crippen LogP contribution in [0.15, 0.2) is 30.3 Å². The molecule has 7 nitrogen and oxygen atoms in total. The Balaban J connectivity index is 1.86. The molecule has 1 aliphatic rings. The zero-order chi connectivity index (χ0) is 19.1. The Kier molecular flexibility index (Phi) is 4.47. The van der Waals surface area contributed by atoms with E-state index in [-0.39, 0.29) is 5.91 Å². The summed E-state index contributed by atoms with van der Waals surface area (Å²) in [5, 5.41) is 12.0. The van der Waals surface area contributed by atoms with Crippen LogP contribution in [0.1, 0.15) is 29.9 Å². The first kappa shape index (κ1) is 18.3. The van der Waals surface area contributed by atoms with Gasteiger partial charge in [0.05, 0.1) is 5.32 Å². The highest BCUT2D eigenvalue weighted by Gasteiger charge is 2.49. The maximum Gasteiger partial charge on any atom is 0.359 e. The number of aromatic nitrogens is 3. The molecule has 26 heavy (non-hydrogen) atoms. The molecule has 1 amide bonds. The minimum atomic E-state index is -1.87. The van der Waals surface area contributed by atoms with E-state index < -0.39 is 25.7 Å². The number of cyclic esters (lactones) is 1. The second kappa shape index (κ2) is 6.35. The van der Waals surface area contributed by atoms with Gasteiger partial charge in [0, 0.05) is 6.54 Å². The molecule has 2 heterocycles. The largest absolute Gasteiger partial charge is 0.445 e. The maximum absolute atomic E-state index is 12.7. The van der Waals surface area contributed by atoms with Crippen molar-refractivity contribution in [1.29, 1.82) is 0 Å². The Labute approximate surface area is 153 Å². The fraction of sp³-hybridized carbons (Fsp3) is 0.444. The van der Waals surface area contributed by atoms with Crippen molar-refractivity contribution >= 4 is 25.3 Å². The molecule has 0 radical (unpaired) electrons. The van der Waals surface area contributed by atoms with Crippen LogP contribution in [-0.4, -0.2) is 41.0 Å². The first-order chi connectivity index (χ1) is 12.1. The van der Waals surface area contributed by atoms with Crippen molar-refractivity contribution in [3.05, 3.63) is 41.6 Å². The van der Waals surface area contributed by atoms with Gasteiger partial charge in [0.2, 0.25) is 6.10 Å². The highest BCUT2D eigenvalue weighted by Crippen LogP contribution is 2.29. The summed E-state index contributed by atoms with van der Waals surface area (Å²) in [4.78, 5) is 25.3. The molecule has 138 valence electrons. The van der Waals surface area contributed by atoms with Crippen LogP contribution in [0.3, 0.4) is 0 Å². The van der Waals surface area contributed by atoms with Gasteiger partial charge in [-0.2, -0.15) is 0 Å². The summed E-state index contributed by atoms with van der Waals surface area (Å²) in [5.41, 5.74) is 0.527. The third-order valence-electron chi connectivity index (χ3n) is 4.53. The van der Waals surface area contributed by atoms with Gasteiger partial charge in [-0.15, -0.1) is 5.10 Å². The first-order valence-electron chi connectivity index (χ1n) is 8.61. The van der Waals surface area contributed by atoms with E-state index in [1.807, 2.05) is 44.2 Å². The molecule has 1 N–H and O–H groups in total. The standard InChI is InChI=1S/C18H24N4O3Si/c1-18(2)14(15(23)19-11-12-9-7-6-8-10-12)25-17(24)13-16(26(3,4)5)20-21-22(13)18/h6-10,14H,11H2,1-5H3,(H,19,23). The van der Waals surface area contributed by atoms with Crippen molar-refractivity contribution in [3.63, 3.8) is 0 Å². The van der Waals surface area contributed by atoms with Crippen molar-refractivity contribution in [3.8, 4) is 0 Å². The average Bonchev–Trinajstić information content (AvgIpc) is 3.04. The molecule has 1 unspecified atom stereocenters. The van der Waals surface area contributed by atoms with E-state index in [0.717, 1.165) is 5.56 Å². The van der Waals surface area contributed by atoms with E-state index in [4.69, 9.17) is 4.74 Å². The summed E-state index contributed by atoms with van der Waals surface area (Å²) in [6.45, 7) is 10.3. The van der Waals surface area contributed by atoms with Crippen LogP contribution in [0, 0.1) is 0 Å². The van der Waals surface area contributed by atoms with Crippen LogP contribution in [0.4, 0.5) is 0 Å². The normalized spacial score (nSPS) is 18.8. The Morgan fingerprint density at radius 3 is 2.54 bits per heavy atom. The minimum Gasteiger partial charge on any atom is -0.445 e. The molecule has 1 aliphatic heterocycles. The van der Waals surface area contributed by atoms with E-state index >= 15 is 0 Å².